The quantitative estimate of drug-likeness (QED) is 0.540. The van der Waals surface area contributed by atoms with Crippen LogP contribution in [0.25, 0.3) is 0 Å². The van der Waals surface area contributed by atoms with E-state index in [1.54, 1.807) is 26.0 Å². The number of nitrogens with zero attached hydrogens (tertiary/aromatic N) is 1. The zero-order valence-electron chi connectivity index (χ0n) is 14.6. The van der Waals surface area contributed by atoms with Crippen molar-refractivity contribution in [1.82, 2.24) is 4.72 Å². The number of sulfonamides is 1. The summed E-state index contributed by atoms with van der Waals surface area (Å²) in [6.45, 7) is 5.20. The first-order chi connectivity index (χ1) is 12.1. The molecule has 0 aliphatic carbocycles. The van der Waals surface area contributed by atoms with Crippen molar-refractivity contribution in [2.75, 3.05) is 5.32 Å². The predicted molar refractivity (Wildman–Crippen MR) is 102 cm³/mol. The van der Waals surface area contributed by atoms with Crippen molar-refractivity contribution < 1.29 is 13.3 Å². The minimum Gasteiger partial charge on any atom is -0.373 e. The van der Waals surface area contributed by atoms with Crippen molar-refractivity contribution in [2.45, 2.75) is 37.8 Å². The predicted octanol–water partition coefficient (Wildman–Crippen LogP) is 4.11. The molecule has 1 atom stereocenters. The van der Waals surface area contributed by atoms with E-state index in [1.165, 1.54) is 12.1 Å². The number of rotatable bonds is 7. The van der Waals surface area contributed by atoms with Gasteiger partial charge in [-0.15, -0.1) is 0 Å². The summed E-state index contributed by atoms with van der Waals surface area (Å²) in [6, 6.07) is 10.3. The van der Waals surface area contributed by atoms with Crippen LogP contribution in [0, 0.1) is 10.1 Å². The first kappa shape index (κ1) is 20.2. The van der Waals surface area contributed by atoms with Gasteiger partial charge < -0.3 is 5.32 Å². The van der Waals surface area contributed by atoms with Crippen LogP contribution in [0.3, 0.4) is 0 Å². The van der Waals surface area contributed by atoms with Crippen LogP contribution >= 0.6 is 11.6 Å². The molecular weight excluding hydrogens is 378 g/mol. The third-order valence-corrected chi connectivity index (χ3v) is 5.52. The number of halogens is 1. The molecule has 2 rings (SSSR count). The molecule has 2 N–H and O–H groups in total. The fourth-order valence-electron chi connectivity index (χ4n) is 2.40. The van der Waals surface area contributed by atoms with Crippen molar-refractivity contribution in [2.24, 2.45) is 0 Å². The Labute approximate surface area is 157 Å². The third kappa shape index (κ3) is 4.94. The van der Waals surface area contributed by atoms with E-state index in [-0.39, 0.29) is 28.4 Å². The molecular formula is C17H20ClN3O4S. The van der Waals surface area contributed by atoms with Crippen LogP contribution in [0.2, 0.25) is 5.02 Å². The second-order valence-corrected chi connectivity index (χ2v) is 8.28. The second kappa shape index (κ2) is 8.03. The maximum absolute atomic E-state index is 12.2. The lowest BCUT2D eigenvalue weighted by molar-refractivity contribution is -0.384. The van der Waals surface area contributed by atoms with Gasteiger partial charge in [0.15, 0.2) is 0 Å². The molecule has 0 amide bonds. The molecule has 2 aromatic carbocycles. The summed E-state index contributed by atoms with van der Waals surface area (Å²) in [5.74, 6) is 0. The zero-order valence-corrected chi connectivity index (χ0v) is 16.1. The summed E-state index contributed by atoms with van der Waals surface area (Å²) in [5.41, 5.74) is 0.820. The smallest absolute Gasteiger partial charge is 0.293 e. The molecule has 140 valence electrons. The van der Waals surface area contributed by atoms with Gasteiger partial charge in [-0.1, -0.05) is 23.7 Å². The molecule has 0 radical (unpaired) electrons. The average molecular weight is 398 g/mol. The molecule has 0 aliphatic heterocycles. The van der Waals surface area contributed by atoms with Gasteiger partial charge in [-0.3, -0.25) is 10.1 Å². The number of nitrogens with one attached hydrogen (secondary N) is 2. The standard InChI is InChI=1S/C17H20ClN3O4S/c1-11(2)20-26(24,25)15-8-9-16(17(10-15)21(22)23)19-12(3)13-4-6-14(18)7-5-13/h4-12,19-20H,1-3H3/t12-/m0/s1. The minimum absolute atomic E-state index is 0.150. The van der Waals surface area contributed by atoms with Gasteiger partial charge in [0, 0.05) is 23.2 Å². The maximum Gasteiger partial charge on any atom is 0.293 e. The number of nitro benzene ring substituents is 1. The first-order valence-corrected chi connectivity index (χ1v) is 9.79. The lowest BCUT2D eigenvalue weighted by Gasteiger charge is -2.16. The van der Waals surface area contributed by atoms with Gasteiger partial charge in [0.1, 0.15) is 5.69 Å². The molecule has 0 saturated heterocycles. The molecule has 9 heteroatoms. The average Bonchev–Trinajstić information content (AvgIpc) is 2.54. The summed E-state index contributed by atoms with van der Waals surface area (Å²) in [4.78, 5) is 10.7. The van der Waals surface area contributed by atoms with Gasteiger partial charge in [-0.2, -0.15) is 0 Å². The van der Waals surface area contributed by atoms with Gasteiger partial charge in [-0.25, -0.2) is 13.1 Å². The molecule has 0 aliphatic rings. The highest BCUT2D eigenvalue weighted by Gasteiger charge is 2.23. The Morgan fingerprint density at radius 2 is 1.69 bits per heavy atom. The summed E-state index contributed by atoms with van der Waals surface area (Å²) < 4.78 is 26.9. The first-order valence-electron chi connectivity index (χ1n) is 7.93. The summed E-state index contributed by atoms with van der Waals surface area (Å²) in [5, 5.41) is 15.1. The van der Waals surface area contributed by atoms with E-state index < -0.39 is 14.9 Å². The molecule has 0 unspecified atom stereocenters. The van der Waals surface area contributed by atoms with Crippen LogP contribution in [0.15, 0.2) is 47.4 Å². The highest BCUT2D eigenvalue weighted by Crippen LogP contribution is 2.31. The number of hydrogen-bond donors (Lipinski definition) is 2. The molecule has 0 saturated carbocycles. The molecule has 0 aromatic heterocycles. The molecule has 0 heterocycles. The van der Waals surface area contributed by atoms with Gasteiger partial charge >= 0.3 is 0 Å². The summed E-state index contributed by atoms with van der Waals surface area (Å²) in [6.07, 6.45) is 0. The van der Waals surface area contributed by atoms with Gasteiger partial charge in [0.25, 0.3) is 5.69 Å². The Balaban J connectivity index is 2.34. The van der Waals surface area contributed by atoms with Crippen molar-refractivity contribution >= 4 is 33.0 Å². The van der Waals surface area contributed by atoms with Crippen molar-refractivity contribution in [1.29, 1.82) is 0 Å². The van der Waals surface area contributed by atoms with E-state index in [0.717, 1.165) is 11.6 Å². The van der Waals surface area contributed by atoms with Crippen LogP contribution in [-0.4, -0.2) is 19.4 Å². The number of nitro groups is 1. The molecule has 0 fully saturated rings. The topological polar surface area (TPSA) is 101 Å². The largest absolute Gasteiger partial charge is 0.373 e. The third-order valence-electron chi connectivity index (χ3n) is 3.61. The monoisotopic (exact) mass is 397 g/mol. The Morgan fingerprint density at radius 1 is 1.08 bits per heavy atom. The highest BCUT2D eigenvalue weighted by molar-refractivity contribution is 7.89. The molecule has 26 heavy (non-hydrogen) atoms. The van der Waals surface area contributed by atoms with Crippen LogP contribution in [0.4, 0.5) is 11.4 Å². The lowest BCUT2D eigenvalue weighted by atomic mass is 10.1. The molecule has 7 nitrogen and oxygen atoms in total. The van der Waals surface area contributed by atoms with E-state index >= 15 is 0 Å². The summed E-state index contributed by atoms with van der Waals surface area (Å²) >= 11 is 5.87. The van der Waals surface area contributed by atoms with Crippen LogP contribution < -0.4 is 10.0 Å². The number of hydrogen-bond acceptors (Lipinski definition) is 5. The Hall–Kier alpha value is -2.16. The normalized spacial score (nSPS) is 12.8. The van der Waals surface area contributed by atoms with E-state index in [0.29, 0.717) is 5.02 Å². The van der Waals surface area contributed by atoms with E-state index in [1.807, 2.05) is 19.1 Å². The SMILES string of the molecule is CC(C)NS(=O)(=O)c1ccc(N[C@@H](C)c2ccc(Cl)cc2)c([N+](=O)[O-])c1. The van der Waals surface area contributed by atoms with Crippen LogP contribution in [-0.2, 0) is 10.0 Å². The number of anilines is 1. The Morgan fingerprint density at radius 3 is 2.23 bits per heavy atom. The van der Waals surface area contributed by atoms with Crippen molar-refractivity contribution in [3.63, 3.8) is 0 Å². The fourth-order valence-corrected chi connectivity index (χ4v) is 3.79. The minimum atomic E-state index is -3.81. The molecule has 0 spiro atoms. The van der Waals surface area contributed by atoms with Crippen LogP contribution in [0.1, 0.15) is 32.4 Å². The Kier molecular flexibility index (Phi) is 6.22. The lowest BCUT2D eigenvalue weighted by Crippen LogP contribution is -2.30. The highest BCUT2D eigenvalue weighted by atomic mass is 35.5. The van der Waals surface area contributed by atoms with E-state index in [2.05, 4.69) is 10.0 Å². The molecule has 0 bridgehead atoms. The molecule has 2 aromatic rings. The van der Waals surface area contributed by atoms with E-state index in [9.17, 15) is 18.5 Å². The number of benzene rings is 2. The van der Waals surface area contributed by atoms with Gasteiger partial charge in [0.2, 0.25) is 10.0 Å². The van der Waals surface area contributed by atoms with Crippen molar-refractivity contribution in [3.8, 4) is 0 Å². The van der Waals surface area contributed by atoms with E-state index in [4.69, 9.17) is 11.6 Å². The Bertz CT molecular complexity index is 899. The fraction of sp³-hybridized carbons (Fsp3) is 0.294. The van der Waals surface area contributed by atoms with Crippen LogP contribution in [0.5, 0.6) is 0 Å². The van der Waals surface area contributed by atoms with Crippen molar-refractivity contribution in [3.05, 3.63) is 63.2 Å². The zero-order chi connectivity index (χ0) is 19.5. The maximum atomic E-state index is 12.2. The second-order valence-electron chi connectivity index (χ2n) is 6.13. The van der Waals surface area contributed by atoms with Gasteiger partial charge in [0.05, 0.1) is 9.82 Å². The van der Waals surface area contributed by atoms with Gasteiger partial charge in [-0.05, 0) is 50.6 Å². The summed E-state index contributed by atoms with van der Waals surface area (Å²) in [7, 11) is -3.81.